The zero-order valence-electron chi connectivity index (χ0n) is 23.1. The summed E-state index contributed by atoms with van der Waals surface area (Å²) < 4.78 is 0. The second-order valence-corrected chi connectivity index (χ2v) is 10.3. The van der Waals surface area contributed by atoms with E-state index < -0.39 is 0 Å². The molecule has 0 radical (unpaired) electrons. The number of nitrogens with one attached hydrogen (secondary N) is 2. The molecule has 0 spiro atoms. The van der Waals surface area contributed by atoms with Gasteiger partial charge in [0.05, 0.1) is 6.17 Å². The highest BCUT2D eigenvalue weighted by Gasteiger charge is 2.29. The molecule has 1 amide bonds. The number of carbonyl (C=O) groups excluding carboxylic acids is 1. The van der Waals surface area contributed by atoms with Crippen molar-refractivity contribution in [3.05, 3.63) is 35.9 Å². The predicted molar refractivity (Wildman–Crippen MR) is 149 cm³/mol. The molecule has 2 N–H and O–H groups in total. The minimum absolute atomic E-state index is 0.0380. The van der Waals surface area contributed by atoms with E-state index in [9.17, 15) is 4.79 Å². The molecule has 0 aromatic heterocycles. The van der Waals surface area contributed by atoms with Crippen molar-refractivity contribution in [2.75, 3.05) is 0 Å². The van der Waals surface area contributed by atoms with Crippen molar-refractivity contribution >= 4 is 5.91 Å². The lowest BCUT2D eigenvalue weighted by atomic mass is 9.84. The van der Waals surface area contributed by atoms with Crippen LogP contribution in [0.15, 0.2) is 30.3 Å². The van der Waals surface area contributed by atoms with Crippen LogP contribution in [-0.4, -0.2) is 12.1 Å². The summed E-state index contributed by atoms with van der Waals surface area (Å²) in [6.45, 7) is 8.78. The fraction of sp³-hybridized carbons (Fsp3) is 0.774. The fourth-order valence-electron chi connectivity index (χ4n) is 5.12. The van der Waals surface area contributed by atoms with Gasteiger partial charge in [-0.15, -0.1) is 0 Å². The summed E-state index contributed by atoms with van der Waals surface area (Å²) >= 11 is 0. The molecule has 34 heavy (non-hydrogen) atoms. The summed E-state index contributed by atoms with van der Waals surface area (Å²) in [5.41, 5.74) is 1.20. The van der Waals surface area contributed by atoms with E-state index in [-0.39, 0.29) is 17.6 Å². The number of hydrogen-bond acceptors (Lipinski definition) is 2. The molecule has 0 aliphatic carbocycles. The third kappa shape index (κ3) is 13.5. The average molecular weight is 473 g/mol. The zero-order valence-corrected chi connectivity index (χ0v) is 23.1. The number of rotatable bonds is 22. The van der Waals surface area contributed by atoms with E-state index in [1.807, 2.05) is 0 Å². The summed E-state index contributed by atoms with van der Waals surface area (Å²) in [5, 5.41) is 6.87. The van der Waals surface area contributed by atoms with Crippen molar-refractivity contribution in [1.82, 2.24) is 10.6 Å². The molecule has 0 saturated carbocycles. The van der Waals surface area contributed by atoms with Crippen molar-refractivity contribution in [2.45, 2.75) is 155 Å². The van der Waals surface area contributed by atoms with Gasteiger partial charge in [-0.05, 0) is 31.7 Å². The van der Waals surface area contributed by atoms with Crippen LogP contribution in [0.1, 0.15) is 149 Å². The van der Waals surface area contributed by atoms with Crippen LogP contribution in [0, 0.1) is 0 Å². The van der Waals surface area contributed by atoms with E-state index in [1.54, 1.807) is 0 Å². The maximum absolute atomic E-state index is 12.4. The number of amides is 1. The van der Waals surface area contributed by atoms with Crippen LogP contribution < -0.4 is 10.6 Å². The van der Waals surface area contributed by atoms with Crippen LogP contribution in [0.25, 0.3) is 0 Å². The second-order valence-electron chi connectivity index (χ2n) is 10.3. The molecular weight excluding hydrogens is 416 g/mol. The van der Waals surface area contributed by atoms with Gasteiger partial charge in [0.25, 0.3) is 0 Å². The highest BCUT2D eigenvalue weighted by Crippen LogP contribution is 2.29. The fourth-order valence-corrected chi connectivity index (χ4v) is 5.12. The van der Waals surface area contributed by atoms with Crippen LogP contribution >= 0.6 is 0 Å². The SMILES string of the molecule is CCCCCCCCCCCCCCCCCC(=O)NC(C)NC(CC)(CC)c1ccccc1. The Labute approximate surface area is 212 Å². The summed E-state index contributed by atoms with van der Waals surface area (Å²) in [4.78, 5) is 12.4. The topological polar surface area (TPSA) is 41.1 Å². The highest BCUT2D eigenvalue weighted by molar-refractivity contribution is 5.76. The lowest BCUT2D eigenvalue weighted by molar-refractivity contribution is -0.122. The molecule has 1 aromatic rings. The third-order valence-corrected chi connectivity index (χ3v) is 7.41. The molecule has 1 aromatic carbocycles. The van der Waals surface area contributed by atoms with Gasteiger partial charge in [0.1, 0.15) is 0 Å². The van der Waals surface area contributed by atoms with Gasteiger partial charge in [0, 0.05) is 12.0 Å². The first-order valence-corrected chi connectivity index (χ1v) is 14.7. The van der Waals surface area contributed by atoms with Crippen LogP contribution in [0.5, 0.6) is 0 Å². The molecule has 3 heteroatoms. The van der Waals surface area contributed by atoms with E-state index in [1.165, 1.54) is 95.5 Å². The first kappa shape index (κ1) is 30.7. The van der Waals surface area contributed by atoms with Gasteiger partial charge in [-0.3, -0.25) is 10.1 Å². The monoisotopic (exact) mass is 472 g/mol. The van der Waals surface area contributed by atoms with Crippen molar-refractivity contribution in [3.8, 4) is 0 Å². The van der Waals surface area contributed by atoms with Gasteiger partial charge in [0.2, 0.25) is 5.91 Å². The Balaban J connectivity index is 2.05. The predicted octanol–water partition coefficient (Wildman–Crippen LogP) is 9.02. The Morgan fingerprint density at radius 3 is 1.59 bits per heavy atom. The Hall–Kier alpha value is -1.35. The quantitative estimate of drug-likeness (QED) is 0.130. The number of hydrogen-bond donors (Lipinski definition) is 2. The molecule has 0 aliphatic rings. The van der Waals surface area contributed by atoms with Crippen molar-refractivity contribution < 1.29 is 4.79 Å². The van der Waals surface area contributed by atoms with Gasteiger partial charge in [-0.1, -0.05) is 141 Å². The zero-order chi connectivity index (χ0) is 24.9. The molecule has 3 nitrogen and oxygen atoms in total. The van der Waals surface area contributed by atoms with Crippen LogP contribution in [0.2, 0.25) is 0 Å². The maximum atomic E-state index is 12.4. The first-order valence-electron chi connectivity index (χ1n) is 14.7. The molecule has 0 bridgehead atoms. The van der Waals surface area contributed by atoms with Gasteiger partial charge >= 0.3 is 0 Å². The standard InChI is InChI=1S/C31H56N2O/c1-5-8-9-10-11-12-13-14-15-16-17-18-19-20-24-27-30(34)32-28(4)33-31(6-2,7-3)29-25-22-21-23-26-29/h21-23,25-26,28,33H,5-20,24,27H2,1-4H3,(H,32,34). The summed E-state index contributed by atoms with van der Waals surface area (Å²) in [6, 6.07) is 10.6. The van der Waals surface area contributed by atoms with Crippen LogP contribution in [0.4, 0.5) is 0 Å². The summed E-state index contributed by atoms with van der Waals surface area (Å²) in [6.07, 6.45) is 22.8. The Morgan fingerprint density at radius 2 is 1.15 bits per heavy atom. The van der Waals surface area contributed by atoms with Crippen molar-refractivity contribution in [3.63, 3.8) is 0 Å². The van der Waals surface area contributed by atoms with Crippen molar-refractivity contribution in [1.29, 1.82) is 0 Å². The Kier molecular flexibility index (Phi) is 18.0. The summed E-state index contributed by atoms with van der Waals surface area (Å²) in [5.74, 6) is 0.170. The first-order chi connectivity index (χ1) is 16.6. The molecular formula is C31H56N2O. The Bertz CT molecular complexity index is 597. The molecule has 0 saturated heterocycles. The second kappa shape index (κ2) is 19.9. The molecule has 1 atom stereocenters. The lowest BCUT2D eigenvalue weighted by Crippen LogP contribution is -2.53. The highest BCUT2D eigenvalue weighted by atomic mass is 16.1. The molecule has 0 heterocycles. The number of benzene rings is 1. The number of unbranched alkanes of at least 4 members (excludes halogenated alkanes) is 14. The molecule has 1 rings (SSSR count). The largest absolute Gasteiger partial charge is 0.341 e. The van der Waals surface area contributed by atoms with E-state index >= 15 is 0 Å². The van der Waals surface area contributed by atoms with Gasteiger partial charge < -0.3 is 5.32 Å². The number of carbonyl (C=O) groups is 1. The van der Waals surface area contributed by atoms with Crippen LogP contribution in [0.3, 0.4) is 0 Å². The van der Waals surface area contributed by atoms with E-state index in [2.05, 4.69) is 68.7 Å². The minimum Gasteiger partial charge on any atom is -0.341 e. The van der Waals surface area contributed by atoms with Crippen LogP contribution in [-0.2, 0) is 10.3 Å². The van der Waals surface area contributed by atoms with E-state index in [4.69, 9.17) is 0 Å². The molecule has 0 fully saturated rings. The summed E-state index contributed by atoms with van der Waals surface area (Å²) in [7, 11) is 0. The van der Waals surface area contributed by atoms with Gasteiger partial charge in [0.15, 0.2) is 0 Å². The van der Waals surface area contributed by atoms with Gasteiger partial charge in [-0.25, -0.2) is 0 Å². The van der Waals surface area contributed by atoms with E-state index in [0.717, 1.165) is 19.3 Å². The van der Waals surface area contributed by atoms with Gasteiger partial charge in [-0.2, -0.15) is 0 Å². The molecule has 1 unspecified atom stereocenters. The van der Waals surface area contributed by atoms with Crippen molar-refractivity contribution in [2.24, 2.45) is 0 Å². The van der Waals surface area contributed by atoms with E-state index in [0.29, 0.717) is 6.42 Å². The molecule has 196 valence electrons. The molecule has 0 aliphatic heterocycles. The minimum atomic E-state index is -0.0947. The smallest absolute Gasteiger partial charge is 0.221 e. The average Bonchev–Trinajstić information content (AvgIpc) is 2.85. The Morgan fingerprint density at radius 1 is 0.706 bits per heavy atom. The maximum Gasteiger partial charge on any atom is 0.221 e. The third-order valence-electron chi connectivity index (χ3n) is 7.41. The lowest BCUT2D eigenvalue weighted by Gasteiger charge is -2.37. The normalized spacial score (nSPS) is 12.6.